The van der Waals surface area contributed by atoms with E-state index < -0.39 is 10.0 Å². The number of nitrogens with zero attached hydrogens (tertiary/aromatic N) is 2. The van der Waals surface area contributed by atoms with E-state index >= 15 is 0 Å². The molecule has 0 atom stereocenters. The summed E-state index contributed by atoms with van der Waals surface area (Å²) in [7, 11) is -3.50. The molecule has 3 aromatic heterocycles. The maximum atomic E-state index is 12.1. The van der Waals surface area contributed by atoms with Gasteiger partial charge in [-0.05, 0) is 24.3 Å². The van der Waals surface area contributed by atoms with E-state index in [-0.39, 0.29) is 10.8 Å². The minimum absolute atomic E-state index is 0.220. The Kier molecular flexibility index (Phi) is 5.08. The molecule has 0 saturated heterocycles. The second-order valence-electron chi connectivity index (χ2n) is 4.57. The molecule has 3 rings (SSSR count). The molecule has 3 aromatic rings. The number of sulfonamides is 1. The zero-order chi connectivity index (χ0) is 16.3. The summed E-state index contributed by atoms with van der Waals surface area (Å²) < 4.78 is 27.4. The van der Waals surface area contributed by atoms with Crippen molar-refractivity contribution in [1.82, 2.24) is 14.7 Å². The molecule has 5 nitrogen and oxygen atoms in total. The van der Waals surface area contributed by atoms with Crippen LogP contribution in [0.1, 0.15) is 5.01 Å². The largest absolute Gasteiger partial charge is 0.264 e. The molecular formula is C14H12ClN3O2S3. The van der Waals surface area contributed by atoms with Gasteiger partial charge in [-0.2, -0.15) is 0 Å². The van der Waals surface area contributed by atoms with E-state index in [1.54, 1.807) is 18.5 Å². The van der Waals surface area contributed by atoms with Crippen LogP contribution in [0.5, 0.6) is 0 Å². The molecule has 0 radical (unpaired) electrons. The van der Waals surface area contributed by atoms with Gasteiger partial charge in [0.15, 0.2) is 0 Å². The Balaban J connectivity index is 1.60. The van der Waals surface area contributed by atoms with E-state index in [1.807, 2.05) is 17.5 Å². The van der Waals surface area contributed by atoms with Crippen molar-refractivity contribution in [3.8, 4) is 11.3 Å². The van der Waals surface area contributed by atoms with Crippen molar-refractivity contribution in [2.75, 3.05) is 6.54 Å². The Hall–Kier alpha value is -1.32. The number of thiazole rings is 1. The highest BCUT2D eigenvalue weighted by molar-refractivity contribution is 7.91. The average molecular weight is 386 g/mol. The number of pyridine rings is 1. The van der Waals surface area contributed by atoms with E-state index in [0.717, 1.165) is 27.6 Å². The number of aromatic nitrogens is 2. The Morgan fingerprint density at radius 3 is 2.83 bits per heavy atom. The summed E-state index contributed by atoms with van der Waals surface area (Å²) in [6.07, 6.45) is 3.99. The zero-order valence-corrected chi connectivity index (χ0v) is 15.0. The lowest BCUT2D eigenvalue weighted by Gasteiger charge is -2.02. The van der Waals surface area contributed by atoms with Crippen LogP contribution in [0.2, 0.25) is 4.34 Å². The first kappa shape index (κ1) is 16.5. The topological polar surface area (TPSA) is 72.0 Å². The predicted molar refractivity (Wildman–Crippen MR) is 93.6 cm³/mol. The Morgan fingerprint density at radius 1 is 1.26 bits per heavy atom. The summed E-state index contributed by atoms with van der Waals surface area (Å²) in [6.45, 7) is 0.290. The molecule has 0 saturated carbocycles. The summed E-state index contributed by atoms with van der Waals surface area (Å²) in [5, 5.41) is 2.82. The van der Waals surface area contributed by atoms with Gasteiger partial charge in [-0.3, -0.25) is 4.98 Å². The number of rotatable bonds is 6. The van der Waals surface area contributed by atoms with Crippen LogP contribution < -0.4 is 4.72 Å². The summed E-state index contributed by atoms with van der Waals surface area (Å²) >= 11 is 8.31. The first-order chi connectivity index (χ1) is 11.0. The smallest absolute Gasteiger partial charge is 0.250 e. The van der Waals surface area contributed by atoms with Crippen molar-refractivity contribution in [1.29, 1.82) is 0 Å². The maximum absolute atomic E-state index is 12.1. The lowest BCUT2D eigenvalue weighted by Crippen LogP contribution is -2.25. The van der Waals surface area contributed by atoms with Gasteiger partial charge in [-0.1, -0.05) is 11.6 Å². The molecule has 23 heavy (non-hydrogen) atoms. The van der Waals surface area contributed by atoms with Gasteiger partial charge in [0.05, 0.1) is 15.0 Å². The molecule has 0 fully saturated rings. The van der Waals surface area contributed by atoms with Crippen LogP contribution in [-0.4, -0.2) is 24.9 Å². The Bertz CT molecular complexity index is 891. The predicted octanol–water partition coefficient (Wildman–Crippen LogP) is 3.44. The fourth-order valence-electron chi connectivity index (χ4n) is 1.88. The van der Waals surface area contributed by atoms with Crippen molar-refractivity contribution in [3.63, 3.8) is 0 Å². The van der Waals surface area contributed by atoms with E-state index in [0.29, 0.717) is 10.8 Å². The van der Waals surface area contributed by atoms with E-state index in [1.165, 1.54) is 17.4 Å². The van der Waals surface area contributed by atoms with Crippen molar-refractivity contribution in [2.24, 2.45) is 0 Å². The van der Waals surface area contributed by atoms with Gasteiger partial charge in [0.1, 0.15) is 4.21 Å². The minimum Gasteiger partial charge on any atom is -0.264 e. The highest BCUT2D eigenvalue weighted by Crippen LogP contribution is 2.25. The molecule has 120 valence electrons. The fourth-order valence-corrected chi connectivity index (χ4v) is 5.24. The van der Waals surface area contributed by atoms with Crippen molar-refractivity contribution in [2.45, 2.75) is 10.6 Å². The molecule has 0 aliphatic carbocycles. The quantitative estimate of drug-likeness (QED) is 0.705. The summed E-state index contributed by atoms with van der Waals surface area (Å²) in [5.41, 5.74) is 1.80. The minimum atomic E-state index is -3.50. The monoisotopic (exact) mass is 385 g/mol. The van der Waals surface area contributed by atoms with Gasteiger partial charge in [0.25, 0.3) is 0 Å². The Morgan fingerprint density at radius 2 is 2.13 bits per heavy atom. The number of hydrogen-bond donors (Lipinski definition) is 1. The molecular weight excluding hydrogens is 374 g/mol. The van der Waals surface area contributed by atoms with Crippen LogP contribution >= 0.6 is 34.3 Å². The van der Waals surface area contributed by atoms with Gasteiger partial charge in [0.2, 0.25) is 10.0 Å². The molecule has 0 aliphatic heterocycles. The molecule has 9 heteroatoms. The molecule has 0 aliphatic rings. The lowest BCUT2D eigenvalue weighted by atomic mass is 10.2. The summed E-state index contributed by atoms with van der Waals surface area (Å²) in [5.74, 6) is 0. The van der Waals surface area contributed by atoms with Gasteiger partial charge in [0, 0.05) is 36.3 Å². The van der Waals surface area contributed by atoms with Crippen LogP contribution in [-0.2, 0) is 16.4 Å². The van der Waals surface area contributed by atoms with Crippen LogP contribution in [0.4, 0.5) is 0 Å². The summed E-state index contributed by atoms with van der Waals surface area (Å²) in [4.78, 5) is 8.57. The molecule has 1 N–H and O–H groups in total. The van der Waals surface area contributed by atoms with Gasteiger partial charge in [-0.25, -0.2) is 18.1 Å². The van der Waals surface area contributed by atoms with Crippen LogP contribution in [0.3, 0.4) is 0 Å². The van der Waals surface area contributed by atoms with Crippen LogP contribution in [0.15, 0.2) is 46.2 Å². The number of halogens is 1. The highest BCUT2D eigenvalue weighted by Gasteiger charge is 2.16. The maximum Gasteiger partial charge on any atom is 0.250 e. The normalized spacial score (nSPS) is 11.7. The third-order valence-corrected chi connectivity index (χ3v) is 7.05. The van der Waals surface area contributed by atoms with Gasteiger partial charge < -0.3 is 0 Å². The van der Waals surface area contributed by atoms with E-state index in [4.69, 9.17) is 11.6 Å². The van der Waals surface area contributed by atoms with Crippen LogP contribution in [0.25, 0.3) is 11.3 Å². The molecule has 3 heterocycles. The fraction of sp³-hybridized carbons (Fsp3) is 0.143. The van der Waals surface area contributed by atoms with Crippen molar-refractivity contribution in [3.05, 3.63) is 51.4 Å². The number of hydrogen-bond acceptors (Lipinski definition) is 6. The highest BCUT2D eigenvalue weighted by atomic mass is 35.5. The van der Waals surface area contributed by atoms with Crippen molar-refractivity contribution < 1.29 is 8.42 Å². The second-order valence-corrected chi connectivity index (χ2v) is 9.23. The third kappa shape index (κ3) is 4.15. The standard InChI is InChI=1S/C14H12ClN3O2S3/c15-12-3-4-14(22-12)23(19,20)17-7-5-13-18-11(9-21-13)10-2-1-6-16-8-10/h1-4,6,8-9,17H,5,7H2. The molecule has 0 amide bonds. The first-order valence-corrected chi connectivity index (χ1v) is 10.2. The third-order valence-electron chi connectivity index (χ3n) is 2.95. The summed E-state index contributed by atoms with van der Waals surface area (Å²) in [6, 6.07) is 6.87. The molecule has 0 unspecified atom stereocenters. The molecule has 0 aromatic carbocycles. The SMILES string of the molecule is O=S(=O)(NCCc1nc(-c2cccnc2)cs1)c1ccc(Cl)s1. The van der Waals surface area contributed by atoms with Crippen molar-refractivity contribution >= 4 is 44.3 Å². The molecule has 0 bridgehead atoms. The van der Waals surface area contributed by atoms with Crippen LogP contribution in [0, 0.1) is 0 Å². The average Bonchev–Trinajstić information content (AvgIpc) is 3.17. The second kappa shape index (κ2) is 7.06. The zero-order valence-electron chi connectivity index (χ0n) is 11.8. The number of thiophene rings is 1. The Labute approximate surface area is 147 Å². The molecule has 0 spiro atoms. The van der Waals surface area contributed by atoms with Gasteiger partial charge in [-0.15, -0.1) is 22.7 Å². The number of nitrogens with one attached hydrogen (secondary N) is 1. The van der Waals surface area contributed by atoms with Gasteiger partial charge >= 0.3 is 0 Å². The first-order valence-electron chi connectivity index (χ1n) is 6.64. The van der Waals surface area contributed by atoms with E-state index in [9.17, 15) is 8.42 Å². The van der Waals surface area contributed by atoms with E-state index in [2.05, 4.69) is 14.7 Å². The lowest BCUT2D eigenvalue weighted by molar-refractivity contribution is 0.583.